The van der Waals surface area contributed by atoms with E-state index < -0.39 is 0 Å². The maximum Gasteiger partial charge on any atom is 0.255 e. The minimum absolute atomic E-state index is 0.196. The van der Waals surface area contributed by atoms with Crippen LogP contribution < -0.4 is 10.1 Å². The molecule has 6 nitrogen and oxygen atoms in total. The normalized spacial score (nSPS) is 11.8. The highest BCUT2D eigenvalue weighted by atomic mass is 16.5. The number of hydrogen-bond donors (Lipinski definition) is 2. The third-order valence-electron chi connectivity index (χ3n) is 3.79. The molecule has 0 aliphatic carbocycles. The highest BCUT2D eigenvalue weighted by Crippen LogP contribution is 2.25. The van der Waals surface area contributed by atoms with Crippen molar-refractivity contribution in [1.82, 2.24) is 20.5 Å². The van der Waals surface area contributed by atoms with Crippen LogP contribution in [0.5, 0.6) is 5.75 Å². The number of aryl methyl sites for hydroxylation is 1. The summed E-state index contributed by atoms with van der Waals surface area (Å²) < 4.78 is 5.29. The molecule has 122 valence electrons. The van der Waals surface area contributed by atoms with E-state index in [0.717, 1.165) is 22.6 Å². The van der Waals surface area contributed by atoms with E-state index in [2.05, 4.69) is 20.5 Å². The lowest BCUT2D eigenvalue weighted by Gasteiger charge is -2.20. The molecule has 0 saturated heterocycles. The van der Waals surface area contributed by atoms with Crippen molar-refractivity contribution in [2.75, 3.05) is 7.11 Å². The number of aromatic amines is 1. The number of carbonyl (C=O) groups excluding carboxylic acids is 1. The van der Waals surface area contributed by atoms with E-state index in [4.69, 9.17) is 4.74 Å². The van der Waals surface area contributed by atoms with Crippen molar-refractivity contribution in [3.05, 3.63) is 77.4 Å². The molecule has 0 spiro atoms. The fraction of sp³-hybridized carbons (Fsp3) is 0.167. The topological polar surface area (TPSA) is 79.9 Å². The molecule has 2 aromatic heterocycles. The smallest absolute Gasteiger partial charge is 0.255 e. The maximum atomic E-state index is 12.6. The van der Waals surface area contributed by atoms with Gasteiger partial charge in [0.15, 0.2) is 0 Å². The number of methoxy groups -OCH3 is 1. The van der Waals surface area contributed by atoms with Crippen molar-refractivity contribution in [1.29, 1.82) is 0 Å². The summed E-state index contributed by atoms with van der Waals surface area (Å²) in [6.45, 7) is 1.81. The Bertz CT molecular complexity index is 830. The van der Waals surface area contributed by atoms with E-state index in [-0.39, 0.29) is 11.9 Å². The lowest BCUT2D eigenvalue weighted by molar-refractivity contribution is 0.0942. The van der Waals surface area contributed by atoms with E-state index in [0.29, 0.717) is 5.56 Å². The van der Waals surface area contributed by atoms with Gasteiger partial charge in [0.05, 0.1) is 24.9 Å². The molecule has 2 N–H and O–H groups in total. The molecule has 0 bridgehead atoms. The molecule has 1 unspecified atom stereocenters. The summed E-state index contributed by atoms with van der Waals surface area (Å²) in [5, 5.41) is 9.73. The summed E-state index contributed by atoms with van der Waals surface area (Å²) in [5.41, 5.74) is 3.05. The van der Waals surface area contributed by atoms with Gasteiger partial charge in [-0.2, -0.15) is 5.10 Å². The van der Waals surface area contributed by atoms with Crippen LogP contribution in [0.1, 0.15) is 33.2 Å². The van der Waals surface area contributed by atoms with Crippen LogP contribution in [0, 0.1) is 6.92 Å². The van der Waals surface area contributed by atoms with E-state index >= 15 is 0 Å². The fourth-order valence-corrected chi connectivity index (χ4v) is 2.52. The van der Waals surface area contributed by atoms with Crippen molar-refractivity contribution in [3.63, 3.8) is 0 Å². The Kier molecular flexibility index (Phi) is 4.56. The third-order valence-corrected chi connectivity index (χ3v) is 3.79. The fourth-order valence-electron chi connectivity index (χ4n) is 2.52. The van der Waals surface area contributed by atoms with Gasteiger partial charge in [0.2, 0.25) is 0 Å². The van der Waals surface area contributed by atoms with Crippen molar-refractivity contribution >= 4 is 5.91 Å². The van der Waals surface area contributed by atoms with Crippen LogP contribution in [0.2, 0.25) is 0 Å². The average Bonchev–Trinajstić information content (AvgIpc) is 3.06. The van der Waals surface area contributed by atoms with Crippen LogP contribution in [0.15, 0.2) is 55.0 Å². The standard InChI is InChI=1S/C18H18N4O2/c1-12-16(11-20-22-12)18(23)21-17(14-6-4-8-19-10-14)13-5-3-7-15(9-13)24-2/h3-11,17H,1-2H3,(H,20,22)(H,21,23). The first kappa shape index (κ1) is 15.7. The highest BCUT2D eigenvalue weighted by Gasteiger charge is 2.20. The number of ether oxygens (including phenoxy) is 1. The number of nitrogens with one attached hydrogen (secondary N) is 2. The first-order valence-electron chi connectivity index (χ1n) is 7.53. The Labute approximate surface area is 139 Å². The van der Waals surface area contributed by atoms with Crippen LogP contribution in [0.4, 0.5) is 0 Å². The van der Waals surface area contributed by atoms with E-state index in [1.54, 1.807) is 19.5 Å². The predicted octanol–water partition coefficient (Wildman–Crippen LogP) is 2.64. The zero-order valence-electron chi connectivity index (χ0n) is 13.5. The van der Waals surface area contributed by atoms with Crippen LogP contribution in [0.25, 0.3) is 0 Å². The summed E-state index contributed by atoms with van der Waals surface area (Å²) in [7, 11) is 1.62. The van der Waals surface area contributed by atoms with Gasteiger partial charge in [-0.3, -0.25) is 14.9 Å². The molecule has 24 heavy (non-hydrogen) atoms. The first-order valence-corrected chi connectivity index (χ1v) is 7.53. The molecule has 1 atom stereocenters. The molecular weight excluding hydrogens is 304 g/mol. The van der Waals surface area contributed by atoms with Gasteiger partial charge < -0.3 is 10.1 Å². The zero-order valence-corrected chi connectivity index (χ0v) is 13.5. The Morgan fingerprint density at radius 3 is 2.71 bits per heavy atom. The van der Waals surface area contributed by atoms with Gasteiger partial charge in [0, 0.05) is 18.1 Å². The van der Waals surface area contributed by atoms with Crippen molar-refractivity contribution in [3.8, 4) is 5.75 Å². The molecule has 2 heterocycles. The third kappa shape index (κ3) is 3.27. The number of amides is 1. The summed E-state index contributed by atoms with van der Waals surface area (Å²) in [6.07, 6.45) is 4.97. The lowest BCUT2D eigenvalue weighted by atomic mass is 9.99. The predicted molar refractivity (Wildman–Crippen MR) is 89.9 cm³/mol. The molecule has 0 fully saturated rings. The molecule has 0 aliphatic rings. The number of rotatable bonds is 5. The molecule has 0 radical (unpaired) electrons. The van der Waals surface area contributed by atoms with E-state index in [1.165, 1.54) is 6.20 Å². The molecule has 1 amide bonds. The number of hydrogen-bond acceptors (Lipinski definition) is 4. The molecule has 0 saturated carbocycles. The van der Waals surface area contributed by atoms with Gasteiger partial charge in [0.1, 0.15) is 5.75 Å². The highest BCUT2D eigenvalue weighted by molar-refractivity contribution is 5.95. The van der Waals surface area contributed by atoms with Crippen LogP contribution >= 0.6 is 0 Å². The second kappa shape index (κ2) is 6.95. The largest absolute Gasteiger partial charge is 0.497 e. The number of nitrogens with zero attached hydrogens (tertiary/aromatic N) is 2. The summed E-state index contributed by atoms with van der Waals surface area (Å²) in [5.74, 6) is 0.535. The summed E-state index contributed by atoms with van der Waals surface area (Å²) in [4.78, 5) is 16.8. The van der Waals surface area contributed by atoms with E-state index in [9.17, 15) is 4.79 Å². The second-order valence-electron chi connectivity index (χ2n) is 5.38. The number of pyridine rings is 1. The Hall–Kier alpha value is -3.15. The van der Waals surface area contributed by atoms with E-state index in [1.807, 2.05) is 43.3 Å². The van der Waals surface area contributed by atoms with Gasteiger partial charge in [0.25, 0.3) is 5.91 Å². The van der Waals surface area contributed by atoms with Gasteiger partial charge >= 0.3 is 0 Å². The first-order chi connectivity index (χ1) is 11.7. The molecule has 3 rings (SSSR count). The van der Waals surface area contributed by atoms with Crippen molar-refractivity contribution in [2.45, 2.75) is 13.0 Å². The van der Waals surface area contributed by atoms with Gasteiger partial charge in [-0.1, -0.05) is 18.2 Å². The zero-order chi connectivity index (χ0) is 16.9. The maximum absolute atomic E-state index is 12.6. The summed E-state index contributed by atoms with van der Waals surface area (Å²) >= 11 is 0. The number of H-pyrrole nitrogens is 1. The Morgan fingerprint density at radius 1 is 1.21 bits per heavy atom. The molecule has 3 aromatic rings. The minimum atomic E-state index is -0.337. The minimum Gasteiger partial charge on any atom is -0.497 e. The lowest BCUT2D eigenvalue weighted by Crippen LogP contribution is -2.29. The number of benzene rings is 1. The molecule has 0 aliphatic heterocycles. The van der Waals surface area contributed by atoms with Crippen molar-refractivity contribution in [2.24, 2.45) is 0 Å². The average molecular weight is 322 g/mol. The molecule has 1 aromatic carbocycles. The molecule has 6 heteroatoms. The SMILES string of the molecule is COc1cccc(C(NC(=O)c2cn[nH]c2C)c2cccnc2)c1. The monoisotopic (exact) mass is 322 g/mol. The van der Waals surface area contributed by atoms with Gasteiger partial charge in [-0.05, 0) is 36.2 Å². The van der Waals surface area contributed by atoms with Crippen LogP contribution in [-0.2, 0) is 0 Å². The second-order valence-corrected chi connectivity index (χ2v) is 5.38. The quantitative estimate of drug-likeness (QED) is 0.757. The Balaban J connectivity index is 1.96. The van der Waals surface area contributed by atoms with Crippen LogP contribution in [-0.4, -0.2) is 28.2 Å². The van der Waals surface area contributed by atoms with Crippen LogP contribution in [0.3, 0.4) is 0 Å². The Morgan fingerprint density at radius 2 is 2.04 bits per heavy atom. The number of carbonyl (C=O) groups is 1. The summed E-state index contributed by atoms with van der Waals surface area (Å²) in [6, 6.07) is 11.1. The van der Waals surface area contributed by atoms with Gasteiger partial charge in [-0.25, -0.2) is 0 Å². The van der Waals surface area contributed by atoms with Gasteiger partial charge in [-0.15, -0.1) is 0 Å². The molecular formula is C18H18N4O2. The van der Waals surface area contributed by atoms with Crippen molar-refractivity contribution < 1.29 is 9.53 Å². The number of aromatic nitrogens is 3.